The molecule has 2 rings (SSSR count). The summed E-state index contributed by atoms with van der Waals surface area (Å²) in [7, 11) is 0. The molecule has 0 aliphatic rings. The molecular formula is C12H9F2N3O2. The van der Waals surface area contributed by atoms with E-state index in [0.717, 1.165) is 6.07 Å². The van der Waals surface area contributed by atoms with Crippen molar-refractivity contribution in [2.45, 2.75) is 6.92 Å². The van der Waals surface area contributed by atoms with Gasteiger partial charge in [-0.3, -0.25) is 10.1 Å². The summed E-state index contributed by atoms with van der Waals surface area (Å²) in [6.45, 7) is 1.39. The number of hydrogen-bond donors (Lipinski definition) is 1. The third kappa shape index (κ3) is 2.22. The van der Waals surface area contributed by atoms with Gasteiger partial charge in [0.25, 0.3) is 5.69 Å². The van der Waals surface area contributed by atoms with Crippen molar-refractivity contribution in [3.05, 3.63) is 51.6 Å². The van der Waals surface area contributed by atoms with Gasteiger partial charge in [-0.1, -0.05) is 6.07 Å². The molecule has 1 aromatic heterocycles. The lowest BCUT2D eigenvalue weighted by molar-refractivity contribution is -0.384. The van der Waals surface area contributed by atoms with Gasteiger partial charge < -0.3 is 5.73 Å². The van der Waals surface area contributed by atoms with Gasteiger partial charge in [0.05, 0.1) is 4.92 Å². The molecule has 0 fully saturated rings. The van der Waals surface area contributed by atoms with E-state index in [4.69, 9.17) is 5.73 Å². The van der Waals surface area contributed by atoms with Crippen LogP contribution in [0.3, 0.4) is 0 Å². The van der Waals surface area contributed by atoms with Crippen molar-refractivity contribution < 1.29 is 13.7 Å². The van der Waals surface area contributed by atoms with Crippen molar-refractivity contribution in [3.8, 4) is 11.3 Å². The highest BCUT2D eigenvalue weighted by Crippen LogP contribution is 2.32. The number of nitro groups is 1. The number of pyridine rings is 1. The van der Waals surface area contributed by atoms with Crippen LogP contribution in [0.5, 0.6) is 0 Å². The van der Waals surface area contributed by atoms with Crippen molar-refractivity contribution in [2.24, 2.45) is 0 Å². The molecule has 0 spiro atoms. The maximum atomic E-state index is 13.8. The summed E-state index contributed by atoms with van der Waals surface area (Å²) in [6.07, 6.45) is 0. The van der Waals surface area contributed by atoms with Crippen LogP contribution in [0, 0.1) is 28.7 Å². The molecule has 1 aromatic carbocycles. The van der Waals surface area contributed by atoms with E-state index in [1.807, 2.05) is 0 Å². The molecule has 5 nitrogen and oxygen atoms in total. The molecule has 98 valence electrons. The molecule has 0 radical (unpaired) electrons. The summed E-state index contributed by atoms with van der Waals surface area (Å²) in [5, 5.41) is 10.9. The van der Waals surface area contributed by atoms with Gasteiger partial charge in [-0.25, -0.2) is 13.8 Å². The number of hydrogen-bond acceptors (Lipinski definition) is 4. The Morgan fingerprint density at radius 1 is 1.21 bits per heavy atom. The van der Waals surface area contributed by atoms with Crippen molar-refractivity contribution >= 4 is 11.5 Å². The van der Waals surface area contributed by atoms with Gasteiger partial charge in [0.1, 0.15) is 5.82 Å². The highest BCUT2D eigenvalue weighted by atomic mass is 19.2. The van der Waals surface area contributed by atoms with Gasteiger partial charge in [0.2, 0.25) is 0 Å². The number of anilines is 1. The summed E-state index contributed by atoms with van der Waals surface area (Å²) in [5.41, 5.74) is 4.52. The zero-order valence-electron chi connectivity index (χ0n) is 9.85. The Bertz CT molecular complexity index is 674. The highest BCUT2D eigenvalue weighted by molar-refractivity contribution is 5.71. The second-order valence-corrected chi connectivity index (χ2v) is 3.92. The smallest absolute Gasteiger partial charge is 0.295 e. The average molecular weight is 265 g/mol. The van der Waals surface area contributed by atoms with Crippen LogP contribution >= 0.6 is 0 Å². The first-order chi connectivity index (χ1) is 8.91. The van der Waals surface area contributed by atoms with Gasteiger partial charge in [-0.15, -0.1) is 0 Å². The van der Waals surface area contributed by atoms with E-state index in [0.29, 0.717) is 0 Å². The predicted molar refractivity (Wildman–Crippen MR) is 65.4 cm³/mol. The lowest BCUT2D eigenvalue weighted by Crippen LogP contribution is -2.01. The molecule has 19 heavy (non-hydrogen) atoms. The quantitative estimate of drug-likeness (QED) is 0.668. The van der Waals surface area contributed by atoms with Crippen LogP contribution in [-0.4, -0.2) is 9.91 Å². The topological polar surface area (TPSA) is 82.0 Å². The number of rotatable bonds is 2. The molecular weight excluding hydrogens is 256 g/mol. The number of nitrogens with zero attached hydrogens (tertiary/aromatic N) is 2. The van der Waals surface area contributed by atoms with Gasteiger partial charge in [0, 0.05) is 11.6 Å². The summed E-state index contributed by atoms with van der Waals surface area (Å²) in [4.78, 5) is 13.9. The normalized spacial score (nSPS) is 10.5. The Hall–Kier alpha value is -2.57. The number of benzene rings is 1. The van der Waals surface area contributed by atoms with Crippen LogP contribution in [0.1, 0.15) is 5.56 Å². The third-order valence-electron chi connectivity index (χ3n) is 2.62. The van der Waals surface area contributed by atoms with Gasteiger partial charge >= 0.3 is 0 Å². The zero-order valence-corrected chi connectivity index (χ0v) is 9.85. The summed E-state index contributed by atoms with van der Waals surface area (Å²) < 4.78 is 27.4. The number of aromatic nitrogens is 1. The Morgan fingerprint density at radius 3 is 2.53 bits per heavy atom. The average Bonchev–Trinajstić information content (AvgIpc) is 2.35. The third-order valence-corrected chi connectivity index (χ3v) is 2.62. The Balaban J connectivity index is 2.75. The molecule has 0 aliphatic heterocycles. The van der Waals surface area contributed by atoms with Crippen molar-refractivity contribution in [2.75, 3.05) is 5.73 Å². The molecule has 0 saturated carbocycles. The largest absolute Gasteiger partial charge is 0.384 e. The van der Waals surface area contributed by atoms with Crippen molar-refractivity contribution in [1.82, 2.24) is 4.98 Å². The fourth-order valence-corrected chi connectivity index (χ4v) is 1.64. The second-order valence-electron chi connectivity index (χ2n) is 3.92. The van der Waals surface area contributed by atoms with Crippen LogP contribution in [0.2, 0.25) is 0 Å². The van der Waals surface area contributed by atoms with Crippen LogP contribution < -0.4 is 5.73 Å². The van der Waals surface area contributed by atoms with Crippen molar-refractivity contribution in [3.63, 3.8) is 0 Å². The van der Waals surface area contributed by atoms with Gasteiger partial charge in [0.15, 0.2) is 17.3 Å². The standard InChI is InChI=1S/C12H9F2N3O2/c1-6-2-3-7(11(14)10(6)13)12-8(17(18)19)4-5-9(15)16-12/h2-5H,1H3,(H2,15,16). The van der Waals surface area contributed by atoms with Crippen LogP contribution in [0.25, 0.3) is 11.3 Å². The molecule has 0 saturated heterocycles. The molecule has 0 aliphatic carbocycles. The van der Waals surface area contributed by atoms with Gasteiger partial charge in [-0.05, 0) is 24.6 Å². The molecule has 0 unspecified atom stereocenters. The van der Waals surface area contributed by atoms with E-state index in [9.17, 15) is 18.9 Å². The molecule has 2 aromatic rings. The molecule has 1 heterocycles. The summed E-state index contributed by atoms with van der Waals surface area (Å²) >= 11 is 0. The van der Waals surface area contributed by atoms with Gasteiger partial charge in [-0.2, -0.15) is 0 Å². The number of nitrogen functional groups attached to an aromatic ring is 1. The maximum Gasteiger partial charge on any atom is 0.295 e. The maximum absolute atomic E-state index is 13.8. The summed E-state index contributed by atoms with van der Waals surface area (Å²) in [5.74, 6) is -2.25. The van der Waals surface area contributed by atoms with E-state index in [2.05, 4.69) is 4.98 Å². The fourth-order valence-electron chi connectivity index (χ4n) is 1.64. The zero-order chi connectivity index (χ0) is 14.2. The Morgan fingerprint density at radius 2 is 1.89 bits per heavy atom. The lowest BCUT2D eigenvalue weighted by Gasteiger charge is -2.06. The minimum atomic E-state index is -1.18. The number of halogens is 2. The van der Waals surface area contributed by atoms with Crippen molar-refractivity contribution in [1.29, 1.82) is 0 Å². The minimum Gasteiger partial charge on any atom is -0.384 e. The van der Waals surface area contributed by atoms with E-state index in [-0.39, 0.29) is 22.6 Å². The monoisotopic (exact) mass is 265 g/mol. The molecule has 0 amide bonds. The van der Waals surface area contributed by atoms with E-state index in [1.165, 1.54) is 25.1 Å². The van der Waals surface area contributed by atoms with E-state index in [1.54, 1.807) is 0 Å². The molecule has 7 heteroatoms. The van der Waals surface area contributed by atoms with E-state index < -0.39 is 22.2 Å². The molecule has 0 atom stereocenters. The van der Waals surface area contributed by atoms with Crippen LogP contribution in [-0.2, 0) is 0 Å². The Kier molecular flexibility index (Phi) is 3.12. The fraction of sp³-hybridized carbons (Fsp3) is 0.0833. The first kappa shape index (κ1) is 12.9. The minimum absolute atomic E-state index is 0.0130. The second kappa shape index (κ2) is 4.60. The first-order valence-corrected chi connectivity index (χ1v) is 5.27. The van der Waals surface area contributed by atoms with Crippen LogP contribution in [0.15, 0.2) is 24.3 Å². The summed E-state index contributed by atoms with van der Waals surface area (Å²) in [6, 6.07) is 4.89. The SMILES string of the molecule is Cc1ccc(-c2nc(N)ccc2[N+](=O)[O-])c(F)c1F. The highest BCUT2D eigenvalue weighted by Gasteiger charge is 2.22. The first-order valence-electron chi connectivity index (χ1n) is 5.27. The van der Waals surface area contributed by atoms with E-state index >= 15 is 0 Å². The van der Waals surface area contributed by atoms with Crippen LogP contribution in [0.4, 0.5) is 20.3 Å². The predicted octanol–water partition coefficient (Wildman–Crippen LogP) is 2.83. The number of aryl methyl sites for hydroxylation is 1. The number of nitrogens with two attached hydrogens (primary N) is 1. The Labute approximate surface area is 106 Å². The lowest BCUT2D eigenvalue weighted by atomic mass is 10.1. The molecule has 2 N–H and O–H groups in total. The molecule has 0 bridgehead atoms.